The molecule has 186 valence electrons. The Balaban J connectivity index is 1.56. The SMILES string of the molecule is CC(O)c1ccc(NC(=O)c2cc3ccccc3c(N=Nc3c(C#N)cnn3-c3ncccn3)c2O)cc1. The molecule has 11 nitrogen and oxygen atoms in total. The highest BCUT2D eigenvalue weighted by Crippen LogP contribution is 2.40. The third kappa shape index (κ3) is 4.67. The van der Waals surface area contributed by atoms with Crippen LogP contribution >= 0.6 is 0 Å². The van der Waals surface area contributed by atoms with Crippen molar-refractivity contribution >= 4 is 33.9 Å². The summed E-state index contributed by atoms with van der Waals surface area (Å²) in [7, 11) is 0. The number of azo groups is 1. The number of hydrogen-bond acceptors (Lipinski definition) is 9. The fraction of sp³-hybridized carbons (Fsp3) is 0.0741. The number of nitrogens with zero attached hydrogens (tertiary/aromatic N) is 7. The van der Waals surface area contributed by atoms with Crippen LogP contribution in [0.2, 0.25) is 0 Å². The van der Waals surface area contributed by atoms with Gasteiger partial charge in [0.1, 0.15) is 17.3 Å². The molecular formula is C27H20N8O3. The highest BCUT2D eigenvalue weighted by atomic mass is 16.3. The number of amides is 1. The number of nitriles is 1. The van der Waals surface area contributed by atoms with Crippen LogP contribution in [0.25, 0.3) is 16.7 Å². The van der Waals surface area contributed by atoms with Crippen molar-refractivity contribution < 1.29 is 15.0 Å². The molecule has 38 heavy (non-hydrogen) atoms. The van der Waals surface area contributed by atoms with Crippen LogP contribution in [0.3, 0.4) is 0 Å². The number of phenolic OH excluding ortho intramolecular Hbond substituents is 1. The fourth-order valence-corrected chi connectivity index (χ4v) is 3.80. The number of anilines is 1. The quantitative estimate of drug-likeness (QED) is 0.270. The van der Waals surface area contributed by atoms with E-state index in [2.05, 4.69) is 30.6 Å². The van der Waals surface area contributed by atoms with E-state index in [0.29, 0.717) is 22.0 Å². The third-order valence-corrected chi connectivity index (χ3v) is 5.74. The van der Waals surface area contributed by atoms with Crippen LogP contribution in [0.1, 0.15) is 34.5 Å². The average Bonchev–Trinajstić information content (AvgIpc) is 3.36. The van der Waals surface area contributed by atoms with E-state index in [1.807, 2.05) is 6.07 Å². The van der Waals surface area contributed by atoms with Gasteiger partial charge in [-0.05, 0) is 42.1 Å². The van der Waals surface area contributed by atoms with Gasteiger partial charge in [-0.3, -0.25) is 4.79 Å². The zero-order chi connectivity index (χ0) is 26.6. The molecule has 11 heteroatoms. The number of phenols is 1. The minimum Gasteiger partial charge on any atom is -0.505 e. The number of rotatable bonds is 6. The third-order valence-electron chi connectivity index (χ3n) is 5.74. The minimum absolute atomic E-state index is 0.0161. The van der Waals surface area contributed by atoms with Crippen LogP contribution in [0.5, 0.6) is 5.75 Å². The molecule has 3 N–H and O–H groups in total. The Labute approximate surface area is 216 Å². The predicted molar refractivity (Wildman–Crippen MR) is 139 cm³/mol. The Kier molecular flexibility index (Phi) is 6.54. The lowest BCUT2D eigenvalue weighted by Crippen LogP contribution is -2.12. The molecule has 5 aromatic rings. The number of carbonyl (C=O) groups excluding carboxylic acids is 1. The summed E-state index contributed by atoms with van der Waals surface area (Å²) in [5.74, 6) is -0.692. The van der Waals surface area contributed by atoms with Gasteiger partial charge in [-0.15, -0.1) is 10.2 Å². The van der Waals surface area contributed by atoms with Crippen LogP contribution in [0.4, 0.5) is 17.2 Å². The first-order valence-electron chi connectivity index (χ1n) is 11.5. The highest BCUT2D eigenvalue weighted by molar-refractivity contribution is 6.11. The van der Waals surface area contributed by atoms with Crippen molar-refractivity contribution in [1.82, 2.24) is 19.7 Å². The summed E-state index contributed by atoms with van der Waals surface area (Å²) in [6.45, 7) is 1.65. The number of nitrogens with one attached hydrogen (secondary N) is 1. The minimum atomic E-state index is -0.636. The summed E-state index contributed by atoms with van der Waals surface area (Å²) in [6, 6.07) is 19.0. The van der Waals surface area contributed by atoms with Gasteiger partial charge in [0.15, 0.2) is 11.6 Å². The summed E-state index contributed by atoms with van der Waals surface area (Å²) < 4.78 is 1.26. The molecule has 1 amide bonds. The lowest BCUT2D eigenvalue weighted by atomic mass is 10.0. The van der Waals surface area contributed by atoms with Crippen molar-refractivity contribution in [2.24, 2.45) is 10.2 Å². The van der Waals surface area contributed by atoms with Gasteiger partial charge in [0.2, 0.25) is 0 Å². The van der Waals surface area contributed by atoms with Gasteiger partial charge in [0.05, 0.1) is 17.9 Å². The van der Waals surface area contributed by atoms with Gasteiger partial charge in [0.25, 0.3) is 11.9 Å². The van der Waals surface area contributed by atoms with E-state index in [1.54, 1.807) is 67.6 Å². The Morgan fingerprint density at radius 3 is 2.53 bits per heavy atom. The van der Waals surface area contributed by atoms with Gasteiger partial charge >= 0.3 is 0 Å². The molecule has 5 rings (SSSR count). The summed E-state index contributed by atoms with van der Waals surface area (Å²) in [5, 5.41) is 46.9. The summed E-state index contributed by atoms with van der Waals surface area (Å²) in [6.07, 6.45) is 3.73. The number of aromatic nitrogens is 4. The second-order valence-corrected chi connectivity index (χ2v) is 8.25. The van der Waals surface area contributed by atoms with E-state index in [9.17, 15) is 20.3 Å². The first kappa shape index (κ1) is 24.2. The fourth-order valence-electron chi connectivity index (χ4n) is 3.80. The number of aliphatic hydroxyl groups excluding tert-OH is 1. The molecule has 1 atom stereocenters. The van der Waals surface area contributed by atoms with Crippen LogP contribution in [-0.4, -0.2) is 35.9 Å². The van der Waals surface area contributed by atoms with E-state index >= 15 is 0 Å². The highest BCUT2D eigenvalue weighted by Gasteiger charge is 2.20. The van der Waals surface area contributed by atoms with Gasteiger partial charge < -0.3 is 15.5 Å². The summed E-state index contributed by atoms with van der Waals surface area (Å²) >= 11 is 0. The lowest BCUT2D eigenvalue weighted by Gasteiger charge is -2.12. The van der Waals surface area contributed by atoms with E-state index in [1.165, 1.54) is 23.3 Å². The van der Waals surface area contributed by atoms with E-state index in [4.69, 9.17) is 0 Å². The zero-order valence-corrected chi connectivity index (χ0v) is 20.0. The van der Waals surface area contributed by atoms with E-state index in [0.717, 1.165) is 0 Å². The number of aromatic hydroxyl groups is 1. The molecule has 0 aliphatic carbocycles. The first-order valence-corrected chi connectivity index (χ1v) is 11.5. The maximum absolute atomic E-state index is 13.2. The molecule has 2 heterocycles. The molecule has 1 unspecified atom stereocenters. The Morgan fingerprint density at radius 2 is 1.82 bits per heavy atom. The topological polar surface area (TPSA) is 162 Å². The molecule has 0 bridgehead atoms. The molecule has 0 spiro atoms. The van der Waals surface area contributed by atoms with Gasteiger partial charge in [-0.25, -0.2) is 9.97 Å². The summed E-state index contributed by atoms with van der Waals surface area (Å²) in [5.41, 5.74) is 1.34. The molecule has 0 radical (unpaired) electrons. The van der Waals surface area contributed by atoms with Crippen LogP contribution in [0.15, 0.2) is 89.5 Å². The van der Waals surface area contributed by atoms with Crippen molar-refractivity contribution in [3.05, 3.63) is 95.9 Å². The van der Waals surface area contributed by atoms with Crippen LogP contribution < -0.4 is 5.32 Å². The van der Waals surface area contributed by atoms with Crippen molar-refractivity contribution in [3.63, 3.8) is 0 Å². The summed E-state index contributed by atoms with van der Waals surface area (Å²) in [4.78, 5) is 21.4. The van der Waals surface area contributed by atoms with Crippen molar-refractivity contribution in [3.8, 4) is 17.8 Å². The predicted octanol–water partition coefficient (Wildman–Crippen LogP) is 5.11. The monoisotopic (exact) mass is 504 g/mol. The van der Waals surface area contributed by atoms with Crippen molar-refractivity contribution in [2.75, 3.05) is 5.32 Å². The Morgan fingerprint density at radius 1 is 1.08 bits per heavy atom. The maximum Gasteiger partial charge on any atom is 0.259 e. The zero-order valence-electron chi connectivity index (χ0n) is 20.0. The second kappa shape index (κ2) is 10.3. The van der Waals surface area contributed by atoms with Crippen molar-refractivity contribution in [1.29, 1.82) is 5.26 Å². The van der Waals surface area contributed by atoms with Crippen LogP contribution in [-0.2, 0) is 0 Å². The smallest absolute Gasteiger partial charge is 0.259 e. The molecule has 0 aliphatic heterocycles. The van der Waals surface area contributed by atoms with E-state index < -0.39 is 12.0 Å². The van der Waals surface area contributed by atoms with Crippen molar-refractivity contribution in [2.45, 2.75) is 13.0 Å². The van der Waals surface area contributed by atoms with Crippen LogP contribution in [0, 0.1) is 11.3 Å². The van der Waals surface area contributed by atoms with E-state index in [-0.39, 0.29) is 34.3 Å². The number of hydrogen-bond donors (Lipinski definition) is 3. The standard InChI is InChI=1S/C27H20N8O3/c1-16(36)17-7-9-20(10-8-17)32-26(38)22-13-18-5-2-3-6-21(18)23(24(22)37)33-34-25-19(14-28)15-31-35(25)27-29-11-4-12-30-27/h2-13,15-16,36-37H,1H3,(H,32,38). The van der Waals surface area contributed by atoms with Gasteiger partial charge in [-0.1, -0.05) is 36.4 Å². The molecule has 3 aromatic carbocycles. The Bertz CT molecular complexity index is 1700. The Hall–Kier alpha value is -5.47. The normalized spacial score (nSPS) is 11.9. The number of carbonyl (C=O) groups is 1. The molecule has 0 saturated carbocycles. The molecule has 0 fully saturated rings. The molecule has 0 saturated heterocycles. The number of aliphatic hydroxyl groups is 1. The lowest BCUT2D eigenvalue weighted by molar-refractivity contribution is 0.102. The van der Waals surface area contributed by atoms with Gasteiger partial charge in [0, 0.05) is 23.5 Å². The first-order chi connectivity index (χ1) is 18.5. The number of benzene rings is 3. The average molecular weight is 505 g/mol. The molecule has 2 aromatic heterocycles. The maximum atomic E-state index is 13.2. The number of fused-ring (bicyclic) bond motifs is 1. The second-order valence-electron chi connectivity index (χ2n) is 8.25. The molecule has 0 aliphatic rings. The molecular weight excluding hydrogens is 484 g/mol. The van der Waals surface area contributed by atoms with Gasteiger partial charge in [-0.2, -0.15) is 15.0 Å². The largest absolute Gasteiger partial charge is 0.505 e.